The number of hydrogen-bond donors (Lipinski definition) is 3. The first-order valence-corrected chi connectivity index (χ1v) is 6.78. The van der Waals surface area contributed by atoms with E-state index in [9.17, 15) is 9.90 Å². The van der Waals surface area contributed by atoms with Crippen LogP contribution < -0.4 is 10.1 Å². The molecule has 7 heteroatoms. The van der Waals surface area contributed by atoms with Gasteiger partial charge in [0.15, 0.2) is 0 Å². The third-order valence-corrected chi connectivity index (χ3v) is 2.86. The highest BCUT2D eigenvalue weighted by molar-refractivity contribution is 5.77. The molecule has 1 heterocycles. The Morgan fingerprint density at radius 2 is 2.05 bits per heavy atom. The molecule has 0 saturated heterocycles. The molecule has 22 heavy (non-hydrogen) atoms. The minimum Gasteiger partial charge on any atom is -0.480 e. The highest BCUT2D eigenvalue weighted by Gasteiger charge is 2.18. The minimum atomic E-state index is -0.979. The number of hydrogen-bond acceptors (Lipinski definition) is 6. The highest BCUT2D eigenvalue weighted by Crippen LogP contribution is 2.12. The summed E-state index contributed by atoms with van der Waals surface area (Å²) < 4.78 is 5.15. The molecule has 0 fully saturated rings. The number of aromatic nitrogens is 2. The van der Waals surface area contributed by atoms with Crippen molar-refractivity contribution in [3.8, 4) is 5.88 Å². The van der Waals surface area contributed by atoms with Crippen LogP contribution in [0.15, 0.2) is 42.7 Å². The fraction of sp³-hybridized carbons (Fsp3) is 0.267. The Kier molecular flexibility index (Phi) is 5.67. The van der Waals surface area contributed by atoms with Crippen molar-refractivity contribution in [2.75, 3.05) is 18.5 Å². The van der Waals surface area contributed by atoms with E-state index in [0.717, 1.165) is 5.56 Å². The molecule has 1 aromatic heterocycles. The van der Waals surface area contributed by atoms with Crippen LogP contribution in [0.5, 0.6) is 5.88 Å². The first-order valence-electron chi connectivity index (χ1n) is 6.78. The average molecular weight is 303 g/mol. The van der Waals surface area contributed by atoms with Gasteiger partial charge >= 0.3 is 5.97 Å². The molecule has 0 unspecified atom stereocenters. The summed E-state index contributed by atoms with van der Waals surface area (Å²) in [6.07, 6.45) is 3.14. The number of carboxylic acid groups (broad SMARTS) is 1. The summed E-state index contributed by atoms with van der Waals surface area (Å²) in [5.74, 6) is -0.450. The topological polar surface area (TPSA) is 105 Å². The van der Waals surface area contributed by atoms with Crippen LogP contribution in [0.4, 0.5) is 5.82 Å². The van der Waals surface area contributed by atoms with Crippen molar-refractivity contribution in [3.05, 3.63) is 48.3 Å². The second kappa shape index (κ2) is 7.94. The zero-order chi connectivity index (χ0) is 15.8. The smallest absolute Gasteiger partial charge is 0.326 e. The van der Waals surface area contributed by atoms with Crippen LogP contribution in [0, 0.1) is 0 Å². The van der Waals surface area contributed by atoms with E-state index in [1.54, 1.807) is 0 Å². The van der Waals surface area contributed by atoms with Crippen LogP contribution in [-0.2, 0) is 11.2 Å². The average Bonchev–Trinajstić information content (AvgIpc) is 2.53. The molecule has 7 nitrogen and oxygen atoms in total. The van der Waals surface area contributed by atoms with Gasteiger partial charge in [0.25, 0.3) is 0 Å². The van der Waals surface area contributed by atoms with Crippen LogP contribution in [0.25, 0.3) is 0 Å². The Morgan fingerprint density at radius 3 is 2.73 bits per heavy atom. The van der Waals surface area contributed by atoms with Gasteiger partial charge in [-0.05, 0) is 5.56 Å². The third-order valence-electron chi connectivity index (χ3n) is 2.86. The summed E-state index contributed by atoms with van der Waals surface area (Å²) in [4.78, 5) is 19.4. The fourth-order valence-electron chi connectivity index (χ4n) is 1.87. The van der Waals surface area contributed by atoms with Gasteiger partial charge in [0.2, 0.25) is 5.88 Å². The number of aliphatic carboxylic acids is 1. The Labute approximate surface area is 127 Å². The number of aliphatic hydroxyl groups excluding tert-OH is 1. The van der Waals surface area contributed by atoms with Gasteiger partial charge in [-0.1, -0.05) is 30.3 Å². The first-order chi connectivity index (χ1) is 10.7. The van der Waals surface area contributed by atoms with Crippen LogP contribution >= 0.6 is 0 Å². The lowest BCUT2D eigenvalue weighted by molar-refractivity contribution is -0.137. The van der Waals surface area contributed by atoms with E-state index in [-0.39, 0.29) is 19.1 Å². The van der Waals surface area contributed by atoms with Crippen molar-refractivity contribution in [1.29, 1.82) is 0 Å². The van der Waals surface area contributed by atoms with E-state index in [1.165, 1.54) is 12.4 Å². The maximum atomic E-state index is 11.4. The molecule has 0 aliphatic carbocycles. The highest BCUT2D eigenvalue weighted by atomic mass is 16.5. The predicted molar refractivity (Wildman–Crippen MR) is 79.8 cm³/mol. The summed E-state index contributed by atoms with van der Waals surface area (Å²) in [5.41, 5.74) is 0.906. The molecule has 0 bridgehead atoms. The molecule has 2 rings (SSSR count). The lowest BCUT2D eigenvalue weighted by atomic mass is 10.1. The van der Waals surface area contributed by atoms with Gasteiger partial charge < -0.3 is 20.3 Å². The molecule has 0 radical (unpaired) electrons. The Bertz CT molecular complexity index is 607. The standard InChI is InChI=1S/C15H17N3O4/c19-6-7-22-14-10-16-9-13(18-14)17-12(15(20)21)8-11-4-2-1-3-5-11/h1-5,9-10,12,19H,6-8H2,(H,17,18)(H,20,21)/t12-/m0/s1. The number of carboxylic acids is 1. The van der Waals surface area contributed by atoms with Gasteiger partial charge in [-0.3, -0.25) is 4.98 Å². The molecule has 3 N–H and O–H groups in total. The van der Waals surface area contributed by atoms with Gasteiger partial charge in [-0.2, -0.15) is 4.98 Å². The molecular weight excluding hydrogens is 286 g/mol. The summed E-state index contributed by atoms with van der Waals surface area (Å²) in [6.45, 7) is -0.0321. The molecule has 0 saturated carbocycles. The number of anilines is 1. The van der Waals surface area contributed by atoms with Crippen molar-refractivity contribution in [3.63, 3.8) is 0 Å². The lowest BCUT2D eigenvalue weighted by Gasteiger charge is -2.15. The van der Waals surface area contributed by atoms with Gasteiger partial charge in [0.05, 0.1) is 19.0 Å². The lowest BCUT2D eigenvalue weighted by Crippen LogP contribution is -2.32. The summed E-state index contributed by atoms with van der Waals surface area (Å²) >= 11 is 0. The van der Waals surface area contributed by atoms with E-state index in [2.05, 4.69) is 15.3 Å². The molecular formula is C15H17N3O4. The van der Waals surface area contributed by atoms with E-state index in [1.807, 2.05) is 30.3 Å². The first kappa shape index (κ1) is 15.7. The number of benzene rings is 1. The van der Waals surface area contributed by atoms with Crippen molar-refractivity contribution < 1.29 is 19.7 Å². The second-order valence-corrected chi connectivity index (χ2v) is 4.54. The monoisotopic (exact) mass is 303 g/mol. The normalized spacial score (nSPS) is 11.7. The van der Waals surface area contributed by atoms with Crippen molar-refractivity contribution in [2.24, 2.45) is 0 Å². The van der Waals surface area contributed by atoms with Crippen molar-refractivity contribution >= 4 is 11.8 Å². The number of aliphatic hydroxyl groups is 1. The number of carbonyl (C=O) groups is 1. The second-order valence-electron chi connectivity index (χ2n) is 4.54. The molecule has 0 spiro atoms. The molecule has 116 valence electrons. The van der Waals surface area contributed by atoms with Gasteiger partial charge in [-0.25, -0.2) is 4.79 Å². The predicted octanol–water partition coefficient (Wildman–Crippen LogP) is 0.955. The fourth-order valence-corrected chi connectivity index (χ4v) is 1.87. The van der Waals surface area contributed by atoms with E-state index >= 15 is 0 Å². The SMILES string of the molecule is O=C(O)[C@H](Cc1ccccc1)Nc1cncc(OCCO)n1. The van der Waals surface area contributed by atoms with Crippen LogP contribution in [0.1, 0.15) is 5.56 Å². The summed E-state index contributed by atoms with van der Waals surface area (Å²) in [5, 5.41) is 20.9. The van der Waals surface area contributed by atoms with Crippen LogP contribution in [-0.4, -0.2) is 45.4 Å². The number of nitrogens with zero attached hydrogens (tertiary/aromatic N) is 2. The quantitative estimate of drug-likeness (QED) is 0.667. The van der Waals surface area contributed by atoms with E-state index in [4.69, 9.17) is 9.84 Å². The zero-order valence-corrected chi connectivity index (χ0v) is 11.8. The summed E-state index contributed by atoms with van der Waals surface area (Å²) in [7, 11) is 0. The van der Waals surface area contributed by atoms with Crippen LogP contribution in [0.3, 0.4) is 0 Å². The molecule has 2 aromatic rings. The molecule has 1 aromatic carbocycles. The molecule has 1 atom stereocenters. The van der Waals surface area contributed by atoms with Crippen molar-refractivity contribution in [1.82, 2.24) is 9.97 Å². The van der Waals surface area contributed by atoms with E-state index in [0.29, 0.717) is 12.2 Å². The maximum absolute atomic E-state index is 11.4. The summed E-state index contributed by atoms with van der Waals surface area (Å²) in [6, 6.07) is 8.49. The Balaban J connectivity index is 2.06. The molecule has 0 aliphatic heterocycles. The Hall–Kier alpha value is -2.67. The number of rotatable bonds is 8. The molecule has 0 aliphatic rings. The van der Waals surface area contributed by atoms with Gasteiger partial charge in [0, 0.05) is 6.42 Å². The number of ether oxygens (including phenoxy) is 1. The van der Waals surface area contributed by atoms with Gasteiger partial charge in [-0.15, -0.1) is 0 Å². The third kappa shape index (κ3) is 4.71. The minimum absolute atomic E-state index is 0.102. The molecule has 0 amide bonds. The zero-order valence-electron chi connectivity index (χ0n) is 11.8. The largest absolute Gasteiger partial charge is 0.480 e. The Morgan fingerprint density at radius 1 is 1.27 bits per heavy atom. The number of nitrogens with one attached hydrogen (secondary N) is 1. The van der Waals surface area contributed by atoms with Crippen molar-refractivity contribution in [2.45, 2.75) is 12.5 Å². The van der Waals surface area contributed by atoms with Gasteiger partial charge in [0.1, 0.15) is 18.5 Å². The van der Waals surface area contributed by atoms with Crippen LogP contribution in [0.2, 0.25) is 0 Å². The maximum Gasteiger partial charge on any atom is 0.326 e. The van der Waals surface area contributed by atoms with E-state index < -0.39 is 12.0 Å².